The number of nitrogens with zero attached hydrogens (tertiary/aromatic N) is 2. The van der Waals surface area contributed by atoms with Crippen molar-refractivity contribution in [1.82, 2.24) is 4.57 Å². The van der Waals surface area contributed by atoms with E-state index in [9.17, 15) is 9.65 Å². The van der Waals surface area contributed by atoms with E-state index >= 15 is 0 Å². The molecule has 0 aliphatic carbocycles. The van der Waals surface area contributed by atoms with E-state index in [-0.39, 0.29) is 5.82 Å². The number of rotatable bonds is 3. The summed E-state index contributed by atoms with van der Waals surface area (Å²) in [6.07, 6.45) is 1.79. The molecular formula is C21H15BrClFN2. The number of aryl methyl sites for hydroxylation is 1. The first-order valence-electron chi connectivity index (χ1n) is 7.93. The van der Waals surface area contributed by atoms with Crippen LogP contribution in [0.1, 0.15) is 22.5 Å². The van der Waals surface area contributed by atoms with E-state index in [0.29, 0.717) is 26.3 Å². The minimum atomic E-state index is -0.316. The summed E-state index contributed by atoms with van der Waals surface area (Å²) in [7, 11) is 0. The Balaban J connectivity index is 2.14. The van der Waals surface area contributed by atoms with Crippen LogP contribution in [0.15, 0.2) is 53.0 Å². The standard InChI is InChI=1S/C21H15BrClFN2/c1-13-9-15(10-16(12-25)18-5-3-4-6-19(18)23)14(2)26(13)21-8-7-17(22)11-20(21)24/h3-11H,1-2H3. The molecule has 0 saturated carbocycles. The van der Waals surface area contributed by atoms with Gasteiger partial charge in [-0.05, 0) is 55.8 Å². The first-order valence-corrected chi connectivity index (χ1v) is 9.10. The SMILES string of the molecule is Cc1cc(C=C(C#N)c2ccccc2Cl)c(C)n1-c1ccc(Br)cc1F. The van der Waals surface area contributed by atoms with E-state index in [2.05, 4.69) is 22.0 Å². The van der Waals surface area contributed by atoms with Crippen LogP contribution in [0.5, 0.6) is 0 Å². The molecule has 130 valence electrons. The van der Waals surface area contributed by atoms with Gasteiger partial charge in [-0.3, -0.25) is 0 Å². The summed E-state index contributed by atoms with van der Waals surface area (Å²) in [6.45, 7) is 3.81. The Kier molecular flexibility index (Phi) is 5.31. The van der Waals surface area contributed by atoms with Crippen LogP contribution in [0.3, 0.4) is 0 Å². The van der Waals surface area contributed by atoms with E-state index in [1.807, 2.05) is 42.7 Å². The highest BCUT2D eigenvalue weighted by Crippen LogP contribution is 2.29. The smallest absolute Gasteiger partial charge is 0.148 e. The van der Waals surface area contributed by atoms with Crippen LogP contribution in [0.4, 0.5) is 4.39 Å². The third-order valence-electron chi connectivity index (χ3n) is 4.21. The Morgan fingerprint density at radius 3 is 2.58 bits per heavy atom. The van der Waals surface area contributed by atoms with Crippen LogP contribution in [0.2, 0.25) is 5.02 Å². The molecule has 0 radical (unpaired) electrons. The maximum Gasteiger partial charge on any atom is 0.148 e. The Morgan fingerprint density at radius 2 is 1.92 bits per heavy atom. The van der Waals surface area contributed by atoms with Gasteiger partial charge in [-0.15, -0.1) is 0 Å². The maximum atomic E-state index is 14.4. The van der Waals surface area contributed by atoms with Crippen molar-refractivity contribution >= 4 is 39.2 Å². The van der Waals surface area contributed by atoms with Crippen molar-refractivity contribution < 1.29 is 4.39 Å². The van der Waals surface area contributed by atoms with Crippen LogP contribution < -0.4 is 0 Å². The van der Waals surface area contributed by atoms with E-state index < -0.39 is 0 Å². The monoisotopic (exact) mass is 428 g/mol. The highest BCUT2D eigenvalue weighted by molar-refractivity contribution is 9.10. The average molecular weight is 430 g/mol. The van der Waals surface area contributed by atoms with Gasteiger partial charge in [-0.25, -0.2) is 4.39 Å². The number of allylic oxidation sites excluding steroid dienone is 1. The van der Waals surface area contributed by atoms with Gasteiger partial charge in [0.15, 0.2) is 0 Å². The summed E-state index contributed by atoms with van der Waals surface area (Å²) in [4.78, 5) is 0. The quantitative estimate of drug-likeness (QED) is 0.425. The van der Waals surface area contributed by atoms with Gasteiger partial charge in [0.25, 0.3) is 0 Å². The molecule has 1 heterocycles. The summed E-state index contributed by atoms with van der Waals surface area (Å²) in [6, 6.07) is 16.3. The third-order valence-corrected chi connectivity index (χ3v) is 5.03. The summed E-state index contributed by atoms with van der Waals surface area (Å²) < 4.78 is 16.9. The molecule has 0 N–H and O–H groups in total. The van der Waals surface area contributed by atoms with Crippen LogP contribution in [-0.2, 0) is 0 Å². The summed E-state index contributed by atoms with van der Waals surface area (Å²) in [5.41, 5.74) is 4.19. The molecule has 5 heteroatoms. The fourth-order valence-electron chi connectivity index (χ4n) is 2.97. The van der Waals surface area contributed by atoms with Crippen molar-refractivity contribution in [3.63, 3.8) is 0 Å². The Labute approximate surface area is 165 Å². The molecule has 0 fully saturated rings. The topological polar surface area (TPSA) is 28.7 Å². The van der Waals surface area contributed by atoms with Crippen molar-refractivity contribution in [1.29, 1.82) is 5.26 Å². The largest absolute Gasteiger partial charge is 0.315 e. The fourth-order valence-corrected chi connectivity index (χ4v) is 3.54. The molecule has 2 aromatic carbocycles. The van der Waals surface area contributed by atoms with Gasteiger partial charge in [0, 0.05) is 26.4 Å². The van der Waals surface area contributed by atoms with Gasteiger partial charge >= 0.3 is 0 Å². The summed E-state index contributed by atoms with van der Waals surface area (Å²) in [5, 5.41) is 10.1. The number of aromatic nitrogens is 1. The van der Waals surface area contributed by atoms with Gasteiger partial charge in [0.1, 0.15) is 5.82 Å². The zero-order chi connectivity index (χ0) is 18.8. The van der Waals surface area contributed by atoms with E-state index in [0.717, 1.165) is 17.0 Å². The number of halogens is 3. The zero-order valence-electron chi connectivity index (χ0n) is 14.2. The van der Waals surface area contributed by atoms with Gasteiger partial charge in [-0.2, -0.15) is 5.26 Å². The Morgan fingerprint density at radius 1 is 1.19 bits per heavy atom. The second-order valence-electron chi connectivity index (χ2n) is 5.91. The number of hydrogen-bond donors (Lipinski definition) is 0. The lowest BCUT2D eigenvalue weighted by molar-refractivity contribution is 0.615. The predicted octanol–water partition coefficient (Wildman–Crippen LogP) is 6.71. The Hall–Kier alpha value is -2.35. The second-order valence-corrected chi connectivity index (χ2v) is 7.23. The molecule has 26 heavy (non-hydrogen) atoms. The minimum absolute atomic E-state index is 0.316. The number of benzene rings is 2. The Bertz CT molecular complexity index is 1060. The van der Waals surface area contributed by atoms with Crippen molar-refractivity contribution in [2.75, 3.05) is 0 Å². The fraction of sp³-hybridized carbons (Fsp3) is 0.0952. The predicted molar refractivity (Wildman–Crippen MR) is 108 cm³/mol. The lowest BCUT2D eigenvalue weighted by Crippen LogP contribution is -2.02. The van der Waals surface area contributed by atoms with Crippen LogP contribution in [0, 0.1) is 31.0 Å². The van der Waals surface area contributed by atoms with E-state index in [1.54, 1.807) is 24.3 Å². The molecule has 0 atom stereocenters. The van der Waals surface area contributed by atoms with Gasteiger partial charge < -0.3 is 4.57 Å². The molecule has 0 bridgehead atoms. The van der Waals surface area contributed by atoms with Gasteiger partial charge in [0.2, 0.25) is 0 Å². The molecule has 1 aromatic heterocycles. The molecule has 2 nitrogen and oxygen atoms in total. The lowest BCUT2D eigenvalue weighted by atomic mass is 10.0. The third kappa shape index (κ3) is 3.46. The molecule has 0 aliphatic heterocycles. The van der Waals surface area contributed by atoms with Crippen LogP contribution >= 0.6 is 27.5 Å². The lowest BCUT2D eigenvalue weighted by Gasteiger charge is -2.11. The molecule has 3 rings (SSSR count). The molecular weight excluding hydrogens is 415 g/mol. The first kappa shape index (κ1) is 18.4. The normalized spacial score (nSPS) is 11.5. The molecule has 0 aliphatic rings. The minimum Gasteiger partial charge on any atom is -0.315 e. The second kappa shape index (κ2) is 7.49. The van der Waals surface area contributed by atoms with Crippen molar-refractivity contribution in [3.05, 3.63) is 86.4 Å². The van der Waals surface area contributed by atoms with Crippen molar-refractivity contribution in [2.45, 2.75) is 13.8 Å². The van der Waals surface area contributed by atoms with Gasteiger partial charge in [-0.1, -0.05) is 45.7 Å². The molecule has 3 aromatic rings. The maximum absolute atomic E-state index is 14.4. The highest BCUT2D eigenvalue weighted by atomic mass is 79.9. The molecule has 0 spiro atoms. The number of hydrogen-bond acceptors (Lipinski definition) is 1. The summed E-state index contributed by atoms with van der Waals surface area (Å²) in [5.74, 6) is -0.316. The zero-order valence-corrected chi connectivity index (χ0v) is 16.6. The molecule has 0 amide bonds. The summed E-state index contributed by atoms with van der Waals surface area (Å²) >= 11 is 9.50. The van der Waals surface area contributed by atoms with Gasteiger partial charge in [0.05, 0.1) is 17.3 Å². The van der Waals surface area contributed by atoms with Crippen molar-refractivity contribution in [2.24, 2.45) is 0 Å². The molecule has 0 unspecified atom stereocenters. The van der Waals surface area contributed by atoms with Crippen LogP contribution in [-0.4, -0.2) is 4.57 Å². The van der Waals surface area contributed by atoms with E-state index in [1.165, 1.54) is 6.07 Å². The van der Waals surface area contributed by atoms with Crippen molar-refractivity contribution in [3.8, 4) is 11.8 Å². The van der Waals surface area contributed by atoms with Crippen LogP contribution in [0.25, 0.3) is 17.3 Å². The average Bonchev–Trinajstić information content (AvgIpc) is 2.88. The molecule has 0 saturated heterocycles. The first-order chi connectivity index (χ1) is 12.4. The van der Waals surface area contributed by atoms with E-state index in [4.69, 9.17) is 11.6 Å². The number of nitriles is 1. The highest BCUT2D eigenvalue weighted by Gasteiger charge is 2.14.